The molecule has 9 N–H and O–H groups in total. The number of amidine groups is 1. The van der Waals surface area contributed by atoms with Gasteiger partial charge in [-0.25, -0.2) is 27.5 Å². The van der Waals surface area contributed by atoms with Gasteiger partial charge in [-0.1, -0.05) is 36.4 Å². The summed E-state index contributed by atoms with van der Waals surface area (Å²) in [5.74, 6) is -2.87. The number of nitrogens with one attached hydrogen (secondary N) is 2. The summed E-state index contributed by atoms with van der Waals surface area (Å²) in [6, 6.07) is 11.8. The Bertz CT molecular complexity index is 1860. The first kappa shape index (κ1) is 40.4. The summed E-state index contributed by atoms with van der Waals surface area (Å²) in [5, 5.41) is 22.2. The molecule has 2 aromatic heterocycles. The monoisotopic (exact) mass is 823 g/mol. The van der Waals surface area contributed by atoms with Gasteiger partial charge in [0.15, 0.2) is 29.2 Å². The van der Waals surface area contributed by atoms with Crippen molar-refractivity contribution >= 4 is 53.4 Å². The van der Waals surface area contributed by atoms with Gasteiger partial charge in [0.1, 0.15) is 30.5 Å². The SMILES string of the molecule is I.N=C(N)CC(=O)OCc1cccc(-c2cnc(N3CCC3)c(F)c2)c1F.N=C(N)N.OCc1cccc(-c2cnc(N3CCC3)c(F)c2)c1F. The molecule has 4 heterocycles. The molecule has 0 bridgehead atoms. The first-order chi connectivity index (χ1) is 23.9. The standard InChI is InChI=1S/C18H18F2N4O2.C15H14F2N2O.CH5N3.HI/c19-14-7-12(9-23-18(14)24-5-2-6-24)13-4-1-3-11(17(13)20)10-26-16(25)8-15(21)22;16-13-7-11(8-18-15(13)19-5-2-6-19)12-4-1-3-10(9-20)14(12)17;2-1(3)4;/h1,3-4,7,9H,2,5-6,8,10H2,(H3,21,22);1,3-4,7-8,20H,2,5-6,9H2;(H5,2,3,4);1H. The van der Waals surface area contributed by atoms with Crippen molar-refractivity contribution in [3.63, 3.8) is 0 Å². The summed E-state index contributed by atoms with van der Waals surface area (Å²) in [6.45, 7) is 2.45. The third-order valence-electron chi connectivity index (χ3n) is 7.63. The van der Waals surface area contributed by atoms with Crippen LogP contribution in [0.25, 0.3) is 22.3 Å². The molecule has 2 aliphatic rings. The fourth-order valence-corrected chi connectivity index (χ4v) is 4.88. The Labute approximate surface area is 308 Å². The van der Waals surface area contributed by atoms with Crippen molar-refractivity contribution in [3.05, 3.63) is 95.3 Å². The minimum absolute atomic E-state index is 0. The molecule has 6 rings (SSSR count). The lowest BCUT2D eigenvalue weighted by Crippen LogP contribution is -2.38. The maximum atomic E-state index is 14.7. The number of aromatic nitrogens is 2. The average Bonchev–Trinajstić information content (AvgIpc) is 3.01. The second-order valence-electron chi connectivity index (χ2n) is 11.3. The van der Waals surface area contributed by atoms with Gasteiger partial charge >= 0.3 is 5.97 Å². The van der Waals surface area contributed by atoms with Crippen LogP contribution < -0.4 is 27.0 Å². The van der Waals surface area contributed by atoms with Crippen LogP contribution in [-0.4, -0.2) is 59.0 Å². The van der Waals surface area contributed by atoms with E-state index in [9.17, 15) is 22.4 Å². The van der Waals surface area contributed by atoms with Crippen LogP contribution >= 0.6 is 24.0 Å². The van der Waals surface area contributed by atoms with Gasteiger partial charge in [0.2, 0.25) is 0 Å². The predicted molar refractivity (Wildman–Crippen MR) is 197 cm³/mol. The highest BCUT2D eigenvalue weighted by molar-refractivity contribution is 14.0. The van der Waals surface area contributed by atoms with Crippen molar-refractivity contribution in [2.24, 2.45) is 17.2 Å². The van der Waals surface area contributed by atoms with Crippen LogP contribution in [-0.2, 0) is 22.7 Å². The van der Waals surface area contributed by atoms with Gasteiger partial charge < -0.3 is 36.8 Å². The summed E-state index contributed by atoms with van der Waals surface area (Å²) in [4.78, 5) is 23.3. The van der Waals surface area contributed by atoms with Crippen LogP contribution in [0.4, 0.5) is 29.2 Å². The molecule has 2 aromatic carbocycles. The molecule has 0 aliphatic carbocycles. The van der Waals surface area contributed by atoms with E-state index in [1.54, 1.807) is 18.2 Å². The van der Waals surface area contributed by atoms with Crippen LogP contribution in [0, 0.1) is 34.1 Å². The number of carbonyl (C=O) groups excluding carboxylic acids is 1. The number of guanidine groups is 1. The van der Waals surface area contributed by atoms with Gasteiger partial charge in [-0.05, 0) is 25.0 Å². The second kappa shape index (κ2) is 18.8. The average molecular weight is 824 g/mol. The molecule has 2 saturated heterocycles. The second-order valence-corrected chi connectivity index (χ2v) is 11.3. The highest BCUT2D eigenvalue weighted by atomic mass is 127. The maximum Gasteiger partial charge on any atom is 0.313 e. The van der Waals surface area contributed by atoms with E-state index in [2.05, 4.69) is 21.4 Å². The number of esters is 1. The fourth-order valence-electron chi connectivity index (χ4n) is 4.88. The third kappa shape index (κ3) is 10.7. The smallest absolute Gasteiger partial charge is 0.313 e. The Hall–Kier alpha value is -5.04. The Morgan fingerprint density at radius 3 is 1.59 bits per heavy atom. The molecule has 0 radical (unpaired) electrons. The Morgan fingerprint density at radius 1 is 0.784 bits per heavy atom. The van der Waals surface area contributed by atoms with Gasteiger partial charge in [0.05, 0.1) is 6.61 Å². The number of aliphatic hydroxyl groups is 1. The van der Waals surface area contributed by atoms with E-state index in [1.165, 1.54) is 42.7 Å². The van der Waals surface area contributed by atoms with Crippen molar-refractivity contribution in [3.8, 4) is 22.3 Å². The van der Waals surface area contributed by atoms with E-state index in [0.717, 1.165) is 39.0 Å². The minimum Gasteiger partial charge on any atom is -0.460 e. The first-order valence-electron chi connectivity index (χ1n) is 15.4. The molecule has 272 valence electrons. The van der Waals surface area contributed by atoms with Crippen molar-refractivity contribution < 1.29 is 32.2 Å². The molecule has 51 heavy (non-hydrogen) atoms. The molecular weight excluding hydrogens is 785 g/mol. The molecule has 0 atom stereocenters. The summed E-state index contributed by atoms with van der Waals surface area (Å²) in [6.07, 6.45) is 4.59. The fraction of sp³-hybridized carbons (Fsp3) is 0.265. The number of nitrogens with zero attached hydrogens (tertiary/aromatic N) is 4. The number of hydrogen-bond acceptors (Lipinski definition) is 9. The predicted octanol–water partition coefficient (Wildman–Crippen LogP) is 4.79. The molecule has 4 aromatic rings. The third-order valence-corrected chi connectivity index (χ3v) is 7.63. The van der Waals surface area contributed by atoms with Crippen LogP contribution in [0.5, 0.6) is 0 Å². The zero-order chi connectivity index (χ0) is 36.4. The normalized spacial score (nSPS) is 12.8. The Kier molecular flexibility index (Phi) is 14.9. The van der Waals surface area contributed by atoms with E-state index in [1.807, 2.05) is 9.80 Å². The molecule has 17 heteroatoms. The first-order valence-corrected chi connectivity index (χ1v) is 15.4. The summed E-state index contributed by atoms with van der Waals surface area (Å²) in [7, 11) is 0. The van der Waals surface area contributed by atoms with Crippen molar-refractivity contribution in [2.45, 2.75) is 32.5 Å². The summed E-state index contributed by atoms with van der Waals surface area (Å²) < 4.78 is 62.1. The molecule has 2 fully saturated rings. The zero-order valence-electron chi connectivity index (χ0n) is 27.3. The lowest BCUT2D eigenvalue weighted by Gasteiger charge is -2.32. The number of halogens is 5. The number of hydrogen-bond donors (Lipinski definition) is 6. The lowest BCUT2D eigenvalue weighted by molar-refractivity contribution is -0.143. The number of nitrogens with two attached hydrogens (primary N) is 3. The summed E-state index contributed by atoms with van der Waals surface area (Å²) >= 11 is 0. The molecule has 0 saturated carbocycles. The number of pyridine rings is 2. The Morgan fingerprint density at radius 2 is 1.22 bits per heavy atom. The van der Waals surface area contributed by atoms with Gasteiger partial charge in [0, 0.05) is 72.0 Å². The molecule has 0 unspecified atom stereocenters. The van der Waals surface area contributed by atoms with E-state index in [4.69, 9.17) is 26.4 Å². The van der Waals surface area contributed by atoms with Crippen molar-refractivity contribution in [1.82, 2.24) is 9.97 Å². The van der Waals surface area contributed by atoms with Gasteiger partial charge in [-0.15, -0.1) is 24.0 Å². The molecule has 2 aliphatic heterocycles. The largest absolute Gasteiger partial charge is 0.460 e. The number of carbonyl (C=O) groups is 1. The minimum atomic E-state index is -0.714. The highest BCUT2D eigenvalue weighted by Crippen LogP contribution is 2.31. The topological polar surface area (TPSA) is 205 Å². The van der Waals surface area contributed by atoms with Crippen LogP contribution in [0.1, 0.15) is 30.4 Å². The number of aliphatic hydroxyl groups excluding tert-OH is 1. The highest BCUT2D eigenvalue weighted by Gasteiger charge is 2.22. The van der Waals surface area contributed by atoms with Gasteiger partial charge in [-0.2, -0.15) is 0 Å². The Balaban J connectivity index is 0.000000251. The number of ether oxygens (including phenoxy) is 1. The van der Waals surface area contributed by atoms with Crippen molar-refractivity contribution in [2.75, 3.05) is 36.0 Å². The van der Waals surface area contributed by atoms with Crippen LogP contribution in [0.15, 0.2) is 60.9 Å². The number of benzene rings is 2. The summed E-state index contributed by atoms with van der Waals surface area (Å²) in [5.41, 5.74) is 15.5. The van der Waals surface area contributed by atoms with E-state index >= 15 is 0 Å². The van der Waals surface area contributed by atoms with Gasteiger partial charge in [-0.3, -0.25) is 15.6 Å². The lowest BCUT2D eigenvalue weighted by atomic mass is 10.0. The van der Waals surface area contributed by atoms with Gasteiger partial charge in [0.25, 0.3) is 0 Å². The van der Waals surface area contributed by atoms with Crippen molar-refractivity contribution in [1.29, 1.82) is 10.8 Å². The van der Waals surface area contributed by atoms with E-state index < -0.39 is 29.2 Å². The van der Waals surface area contributed by atoms with Crippen LogP contribution in [0.3, 0.4) is 0 Å². The molecular formula is C34H38F4IN9O3. The van der Waals surface area contributed by atoms with E-state index in [-0.39, 0.29) is 83.5 Å². The quantitative estimate of drug-likeness (QED) is 0.0448. The number of rotatable bonds is 9. The molecule has 12 nitrogen and oxygen atoms in total. The molecule has 0 spiro atoms. The van der Waals surface area contributed by atoms with E-state index in [0.29, 0.717) is 16.9 Å². The zero-order valence-corrected chi connectivity index (χ0v) is 29.7. The number of anilines is 2. The van der Waals surface area contributed by atoms with Crippen LogP contribution in [0.2, 0.25) is 0 Å². The molecule has 0 amide bonds. The maximum absolute atomic E-state index is 14.7.